The minimum Gasteiger partial charge on any atom is -0.495 e. The van der Waals surface area contributed by atoms with Crippen molar-refractivity contribution in [3.8, 4) is 16.5 Å². The predicted molar refractivity (Wildman–Crippen MR) is 111 cm³/mol. The quantitative estimate of drug-likeness (QED) is 0.667. The lowest BCUT2D eigenvalue weighted by Gasteiger charge is -2.21. The van der Waals surface area contributed by atoms with Gasteiger partial charge in [0.1, 0.15) is 11.4 Å². The van der Waals surface area contributed by atoms with Gasteiger partial charge in [-0.3, -0.25) is 4.79 Å². The highest BCUT2D eigenvalue weighted by Crippen LogP contribution is 2.33. The van der Waals surface area contributed by atoms with Crippen LogP contribution in [0.5, 0.6) is 5.75 Å². The minimum absolute atomic E-state index is 0.0318. The number of hydrogen-bond acceptors (Lipinski definition) is 6. The maximum absolute atomic E-state index is 12.8. The molecule has 0 saturated carbocycles. The number of hydrogen-bond donors (Lipinski definition) is 1. The lowest BCUT2D eigenvalue weighted by Crippen LogP contribution is -2.37. The molecular weight excluding hydrogens is 398 g/mol. The second-order valence-electron chi connectivity index (χ2n) is 6.62. The number of rotatable bonds is 5. The molecule has 0 aliphatic carbocycles. The maximum atomic E-state index is 12.8. The number of benzene rings is 1. The Balaban J connectivity index is 1.45. The van der Waals surface area contributed by atoms with Crippen molar-refractivity contribution in [1.29, 1.82) is 0 Å². The molecule has 0 spiro atoms. The van der Waals surface area contributed by atoms with Crippen LogP contribution in [-0.2, 0) is 0 Å². The highest BCUT2D eigenvalue weighted by Gasteiger charge is 2.28. The maximum Gasteiger partial charge on any atom is 0.271 e. The fourth-order valence-corrected chi connectivity index (χ4v) is 4.42. The Hall–Kier alpha value is -2.51. The molecule has 1 fully saturated rings. The SMILES string of the molecule is COc1ccc(Cl)cc1N1CC[C@@H](NC(=O)c2nc(-c3ccco3)sc2C)C1. The Morgan fingerprint density at radius 3 is 3.04 bits per heavy atom. The monoisotopic (exact) mass is 417 g/mol. The summed E-state index contributed by atoms with van der Waals surface area (Å²) >= 11 is 7.60. The number of anilines is 1. The predicted octanol–water partition coefficient (Wildman–Crippen LogP) is 4.38. The third-order valence-corrected chi connectivity index (χ3v) is 5.97. The summed E-state index contributed by atoms with van der Waals surface area (Å²) < 4.78 is 10.8. The molecule has 4 rings (SSSR count). The van der Waals surface area contributed by atoms with Crippen molar-refractivity contribution < 1.29 is 13.9 Å². The third-order valence-electron chi connectivity index (χ3n) is 4.75. The number of halogens is 1. The van der Waals surface area contributed by atoms with Crippen LogP contribution in [0.2, 0.25) is 5.02 Å². The van der Waals surface area contributed by atoms with E-state index in [-0.39, 0.29) is 11.9 Å². The molecule has 6 nitrogen and oxygen atoms in total. The van der Waals surface area contributed by atoms with Crippen LogP contribution in [-0.4, -0.2) is 37.1 Å². The van der Waals surface area contributed by atoms with Gasteiger partial charge in [0, 0.05) is 29.0 Å². The van der Waals surface area contributed by atoms with Gasteiger partial charge in [-0.05, 0) is 43.7 Å². The number of aromatic nitrogens is 1. The van der Waals surface area contributed by atoms with Crippen LogP contribution >= 0.6 is 22.9 Å². The summed E-state index contributed by atoms with van der Waals surface area (Å²) in [6, 6.07) is 9.24. The first kappa shape index (κ1) is 18.8. The lowest BCUT2D eigenvalue weighted by atomic mass is 10.2. The van der Waals surface area contributed by atoms with Gasteiger partial charge < -0.3 is 19.4 Å². The summed E-state index contributed by atoms with van der Waals surface area (Å²) in [5, 5.41) is 4.48. The first-order valence-electron chi connectivity index (χ1n) is 8.96. The van der Waals surface area contributed by atoms with Crippen LogP contribution < -0.4 is 15.0 Å². The Labute approximate surface area is 172 Å². The zero-order chi connectivity index (χ0) is 19.7. The van der Waals surface area contributed by atoms with E-state index >= 15 is 0 Å². The number of amides is 1. The molecule has 2 aromatic heterocycles. The molecule has 3 heterocycles. The number of ether oxygens (including phenoxy) is 1. The van der Waals surface area contributed by atoms with Gasteiger partial charge in [-0.25, -0.2) is 4.98 Å². The van der Waals surface area contributed by atoms with E-state index < -0.39 is 0 Å². The van der Waals surface area contributed by atoms with Gasteiger partial charge in [0.25, 0.3) is 5.91 Å². The average molecular weight is 418 g/mol. The minimum atomic E-state index is -0.156. The van der Waals surface area contributed by atoms with Gasteiger partial charge in [0.2, 0.25) is 0 Å². The first-order chi connectivity index (χ1) is 13.5. The first-order valence-corrected chi connectivity index (χ1v) is 10.1. The van der Waals surface area contributed by atoms with E-state index in [1.54, 1.807) is 19.4 Å². The summed E-state index contributed by atoms with van der Waals surface area (Å²) in [6.07, 6.45) is 2.44. The van der Waals surface area contributed by atoms with Crippen molar-refractivity contribution in [3.63, 3.8) is 0 Å². The van der Waals surface area contributed by atoms with Crippen LogP contribution in [0.3, 0.4) is 0 Å². The molecule has 1 aromatic carbocycles. The number of nitrogens with one attached hydrogen (secondary N) is 1. The zero-order valence-corrected chi connectivity index (χ0v) is 17.1. The van der Waals surface area contributed by atoms with E-state index in [9.17, 15) is 4.79 Å². The van der Waals surface area contributed by atoms with E-state index in [1.807, 2.05) is 31.2 Å². The van der Waals surface area contributed by atoms with E-state index in [2.05, 4.69) is 15.2 Å². The molecule has 28 heavy (non-hydrogen) atoms. The molecule has 1 aliphatic rings. The standard InChI is InChI=1S/C20H20ClN3O3S/c1-12-18(23-20(28-12)17-4-3-9-27-17)19(25)22-14-7-8-24(11-14)15-10-13(21)5-6-16(15)26-2/h3-6,9-10,14H,7-8,11H2,1-2H3,(H,22,25)/t14-/m1/s1. The molecule has 8 heteroatoms. The molecule has 1 N–H and O–H groups in total. The summed E-state index contributed by atoms with van der Waals surface area (Å²) in [7, 11) is 1.64. The van der Waals surface area contributed by atoms with Gasteiger partial charge in [0.05, 0.1) is 19.1 Å². The molecule has 1 saturated heterocycles. The van der Waals surface area contributed by atoms with Crippen molar-refractivity contribution in [1.82, 2.24) is 10.3 Å². The van der Waals surface area contributed by atoms with Crippen molar-refractivity contribution in [2.75, 3.05) is 25.1 Å². The van der Waals surface area contributed by atoms with Gasteiger partial charge in [-0.1, -0.05) is 11.6 Å². The van der Waals surface area contributed by atoms with Crippen LogP contribution in [0.1, 0.15) is 21.8 Å². The number of aryl methyl sites for hydroxylation is 1. The molecule has 146 valence electrons. The Bertz CT molecular complexity index is 987. The number of furan rings is 1. The van der Waals surface area contributed by atoms with Gasteiger partial charge >= 0.3 is 0 Å². The lowest BCUT2D eigenvalue weighted by molar-refractivity contribution is 0.0935. The number of methoxy groups -OCH3 is 1. The Kier molecular flexibility index (Phi) is 5.28. The average Bonchev–Trinajstić information content (AvgIpc) is 3.42. The smallest absolute Gasteiger partial charge is 0.271 e. The topological polar surface area (TPSA) is 67.6 Å². The van der Waals surface area contributed by atoms with Crippen LogP contribution in [0.15, 0.2) is 41.0 Å². The molecule has 1 atom stereocenters. The second-order valence-corrected chi connectivity index (χ2v) is 8.26. The molecule has 0 radical (unpaired) electrons. The summed E-state index contributed by atoms with van der Waals surface area (Å²) in [5.41, 5.74) is 1.40. The molecule has 1 aliphatic heterocycles. The number of nitrogens with zero attached hydrogens (tertiary/aromatic N) is 2. The molecule has 0 bridgehead atoms. The van der Waals surface area contributed by atoms with Crippen molar-refractivity contribution in [3.05, 3.63) is 52.2 Å². The van der Waals surface area contributed by atoms with E-state index in [1.165, 1.54) is 11.3 Å². The zero-order valence-electron chi connectivity index (χ0n) is 15.6. The summed E-state index contributed by atoms with van der Waals surface area (Å²) in [4.78, 5) is 20.3. The highest BCUT2D eigenvalue weighted by molar-refractivity contribution is 7.15. The fourth-order valence-electron chi connectivity index (χ4n) is 3.37. The fraction of sp³-hybridized carbons (Fsp3) is 0.300. The van der Waals surface area contributed by atoms with Gasteiger partial charge in [-0.15, -0.1) is 11.3 Å². The van der Waals surface area contributed by atoms with E-state index in [4.69, 9.17) is 20.8 Å². The normalized spacial score (nSPS) is 16.4. The van der Waals surface area contributed by atoms with Crippen molar-refractivity contribution >= 4 is 34.5 Å². The number of carbonyl (C=O) groups is 1. The van der Waals surface area contributed by atoms with Gasteiger partial charge in [0.15, 0.2) is 10.8 Å². The molecule has 1 amide bonds. The highest BCUT2D eigenvalue weighted by atomic mass is 35.5. The Morgan fingerprint density at radius 2 is 2.29 bits per heavy atom. The number of thiazole rings is 1. The van der Waals surface area contributed by atoms with Gasteiger partial charge in [-0.2, -0.15) is 0 Å². The summed E-state index contributed by atoms with van der Waals surface area (Å²) in [6.45, 7) is 3.41. The second kappa shape index (κ2) is 7.85. The largest absolute Gasteiger partial charge is 0.495 e. The van der Waals surface area contributed by atoms with Crippen LogP contribution in [0.25, 0.3) is 10.8 Å². The number of carbonyl (C=O) groups excluding carboxylic acids is 1. The van der Waals surface area contributed by atoms with Crippen LogP contribution in [0, 0.1) is 6.92 Å². The van der Waals surface area contributed by atoms with E-state index in [0.29, 0.717) is 28.0 Å². The van der Waals surface area contributed by atoms with Crippen molar-refractivity contribution in [2.24, 2.45) is 0 Å². The molecule has 3 aromatic rings. The molecular formula is C20H20ClN3O3S. The summed E-state index contributed by atoms with van der Waals surface area (Å²) in [5.74, 6) is 1.29. The molecule has 0 unspecified atom stereocenters. The van der Waals surface area contributed by atoms with Crippen molar-refractivity contribution in [2.45, 2.75) is 19.4 Å². The van der Waals surface area contributed by atoms with E-state index in [0.717, 1.165) is 29.3 Å². The third kappa shape index (κ3) is 3.72. The van der Waals surface area contributed by atoms with Crippen LogP contribution in [0.4, 0.5) is 5.69 Å². The Morgan fingerprint density at radius 1 is 1.43 bits per heavy atom.